The van der Waals surface area contributed by atoms with Crippen LogP contribution in [0.3, 0.4) is 0 Å². The van der Waals surface area contributed by atoms with E-state index in [1.807, 2.05) is 34.6 Å². The third kappa shape index (κ3) is 2.94. The summed E-state index contributed by atoms with van der Waals surface area (Å²) >= 11 is 0. The molecule has 0 bridgehead atoms. The predicted octanol–water partition coefficient (Wildman–Crippen LogP) is 1.93. The molecule has 0 spiro atoms. The molecule has 2 amide bonds. The molecule has 0 aromatic heterocycles. The van der Waals surface area contributed by atoms with Gasteiger partial charge in [0.05, 0.1) is 5.41 Å². The van der Waals surface area contributed by atoms with Crippen molar-refractivity contribution in [2.75, 3.05) is 13.1 Å². The van der Waals surface area contributed by atoms with Gasteiger partial charge in [0.1, 0.15) is 0 Å². The van der Waals surface area contributed by atoms with Gasteiger partial charge in [0.25, 0.3) is 0 Å². The third-order valence-corrected chi connectivity index (χ3v) is 3.60. The maximum atomic E-state index is 12.0. The fourth-order valence-electron chi connectivity index (χ4n) is 2.30. The lowest BCUT2D eigenvalue weighted by molar-refractivity contribution is -0.150. The Hall–Kier alpha value is -1.26. The van der Waals surface area contributed by atoms with Crippen molar-refractivity contribution >= 4 is 12.0 Å². The molecule has 1 heterocycles. The quantitative estimate of drug-likeness (QED) is 0.793. The Morgan fingerprint density at radius 2 is 1.89 bits per heavy atom. The van der Waals surface area contributed by atoms with Gasteiger partial charge in [0.2, 0.25) is 0 Å². The van der Waals surface area contributed by atoms with Gasteiger partial charge in [-0.25, -0.2) is 4.79 Å². The van der Waals surface area contributed by atoms with E-state index in [0.717, 1.165) is 0 Å². The van der Waals surface area contributed by atoms with Crippen molar-refractivity contribution in [2.24, 2.45) is 11.3 Å². The lowest BCUT2D eigenvalue weighted by Crippen LogP contribution is -2.49. The molecule has 104 valence electrons. The molecule has 0 radical (unpaired) electrons. The first-order valence-corrected chi connectivity index (χ1v) is 6.39. The number of likely N-dealkylation sites (tertiary alicyclic amines) is 1. The molecule has 1 fully saturated rings. The molecular weight excluding hydrogens is 232 g/mol. The number of amides is 2. The zero-order valence-electron chi connectivity index (χ0n) is 11.9. The van der Waals surface area contributed by atoms with Crippen LogP contribution in [0.5, 0.6) is 0 Å². The highest BCUT2D eigenvalue weighted by atomic mass is 16.4. The molecule has 1 aliphatic heterocycles. The molecule has 5 heteroatoms. The third-order valence-electron chi connectivity index (χ3n) is 3.60. The summed E-state index contributed by atoms with van der Waals surface area (Å²) in [4.78, 5) is 25.1. The average Bonchev–Trinajstić information content (AvgIpc) is 2.59. The second-order valence-electron chi connectivity index (χ2n) is 6.47. The number of hydrogen-bond acceptors (Lipinski definition) is 2. The zero-order valence-corrected chi connectivity index (χ0v) is 11.9. The highest BCUT2D eigenvalue weighted by Crippen LogP contribution is 2.38. The minimum Gasteiger partial charge on any atom is -0.481 e. The standard InChI is InChI=1S/C13H24N2O3/c1-9(2)13(10(16)17)6-7-15(8-13)11(18)14-12(3,4)5/h9H,6-8H2,1-5H3,(H,14,18)(H,16,17). The number of carboxylic acid groups (broad SMARTS) is 1. The number of aliphatic carboxylic acids is 1. The van der Waals surface area contributed by atoms with Crippen LogP contribution in [0.15, 0.2) is 0 Å². The molecule has 1 rings (SSSR count). The van der Waals surface area contributed by atoms with Gasteiger partial charge < -0.3 is 15.3 Å². The number of carbonyl (C=O) groups excluding carboxylic acids is 1. The molecular formula is C13H24N2O3. The molecule has 1 aliphatic rings. The number of hydrogen-bond donors (Lipinski definition) is 2. The lowest BCUT2D eigenvalue weighted by Gasteiger charge is -2.30. The minimum atomic E-state index is -0.802. The van der Waals surface area contributed by atoms with Gasteiger partial charge in [0.15, 0.2) is 0 Å². The Balaban J connectivity index is 2.76. The summed E-state index contributed by atoms with van der Waals surface area (Å²) in [5.41, 5.74) is -1.10. The molecule has 0 aromatic carbocycles. The van der Waals surface area contributed by atoms with Crippen LogP contribution in [-0.2, 0) is 4.79 Å². The van der Waals surface area contributed by atoms with Crippen molar-refractivity contribution in [1.82, 2.24) is 10.2 Å². The Morgan fingerprint density at radius 1 is 1.33 bits per heavy atom. The zero-order chi connectivity index (χ0) is 14.1. The van der Waals surface area contributed by atoms with Crippen LogP contribution in [0.4, 0.5) is 4.79 Å². The van der Waals surface area contributed by atoms with Crippen LogP contribution < -0.4 is 5.32 Å². The van der Waals surface area contributed by atoms with E-state index in [1.54, 1.807) is 4.90 Å². The number of rotatable bonds is 2. The highest BCUT2D eigenvalue weighted by molar-refractivity contribution is 5.80. The molecule has 2 N–H and O–H groups in total. The van der Waals surface area contributed by atoms with E-state index < -0.39 is 11.4 Å². The number of nitrogens with zero attached hydrogens (tertiary/aromatic N) is 1. The van der Waals surface area contributed by atoms with Crippen LogP contribution in [-0.4, -0.2) is 40.6 Å². The SMILES string of the molecule is CC(C)C1(C(=O)O)CCN(C(=O)NC(C)(C)C)C1. The van der Waals surface area contributed by atoms with Gasteiger partial charge in [0, 0.05) is 18.6 Å². The van der Waals surface area contributed by atoms with Crippen LogP contribution in [0, 0.1) is 11.3 Å². The fraction of sp³-hybridized carbons (Fsp3) is 0.846. The normalized spacial score (nSPS) is 24.4. The second-order valence-corrected chi connectivity index (χ2v) is 6.47. The average molecular weight is 256 g/mol. The lowest BCUT2D eigenvalue weighted by atomic mass is 9.76. The summed E-state index contributed by atoms with van der Waals surface area (Å²) < 4.78 is 0. The van der Waals surface area contributed by atoms with E-state index in [4.69, 9.17) is 0 Å². The largest absolute Gasteiger partial charge is 0.481 e. The van der Waals surface area contributed by atoms with Crippen molar-refractivity contribution in [3.05, 3.63) is 0 Å². The van der Waals surface area contributed by atoms with Gasteiger partial charge in [-0.2, -0.15) is 0 Å². The number of urea groups is 1. The summed E-state index contributed by atoms with van der Waals surface area (Å²) in [6.45, 7) is 10.3. The topological polar surface area (TPSA) is 69.6 Å². The highest BCUT2D eigenvalue weighted by Gasteiger charge is 2.48. The minimum absolute atomic E-state index is 0.0161. The summed E-state index contributed by atoms with van der Waals surface area (Å²) in [6.07, 6.45) is 0.525. The number of carbonyl (C=O) groups is 2. The first-order valence-electron chi connectivity index (χ1n) is 6.39. The summed E-state index contributed by atoms with van der Waals surface area (Å²) in [5.74, 6) is -0.786. The van der Waals surface area contributed by atoms with E-state index in [0.29, 0.717) is 19.5 Å². The maximum Gasteiger partial charge on any atom is 0.317 e. The summed E-state index contributed by atoms with van der Waals surface area (Å²) in [6, 6.07) is -0.175. The first-order chi connectivity index (χ1) is 8.08. The monoisotopic (exact) mass is 256 g/mol. The van der Waals surface area contributed by atoms with E-state index in [2.05, 4.69) is 5.32 Å². The van der Waals surface area contributed by atoms with E-state index >= 15 is 0 Å². The Morgan fingerprint density at radius 3 is 2.22 bits per heavy atom. The van der Waals surface area contributed by atoms with Crippen molar-refractivity contribution in [2.45, 2.75) is 46.6 Å². The van der Waals surface area contributed by atoms with Crippen molar-refractivity contribution < 1.29 is 14.7 Å². The first kappa shape index (κ1) is 14.8. The Labute approximate surface area is 109 Å². The Bertz CT molecular complexity index is 347. The van der Waals surface area contributed by atoms with Gasteiger partial charge in [-0.15, -0.1) is 0 Å². The molecule has 0 aromatic rings. The molecule has 18 heavy (non-hydrogen) atoms. The van der Waals surface area contributed by atoms with Gasteiger partial charge in [-0.05, 0) is 33.1 Å². The fourth-order valence-corrected chi connectivity index (χ4v) is 2.30. The van der Waals surface area contributed by atoms with Crippen molar-refractivity contribution in [3.63, 3.8) is 0 Å². The van der Waals surface area contributed by atoms with Gasteiger partial charge in [-0.3, -0.25) is 4.79 Å². The van der Waals surface area contributed by atoms with Crippen LogP contribution in [0.2, 0.25) is 0 Å². The van der Waals surface area contributed by atoms with Crippen molar-refractivity contribution in [3.8, 4) is 0 Å². The van der Waals surface area contributed by atoms with Crippen molar-refractivity contribution in [1.29, 1.82) is 0 Å². The number of carboxylic acids is 1. The van der Waals surface area contributed by atoms with Gasteiger partial charge in [-0.1, -0.05) is 13.8 Å². The van der Waals surface area contributed by atoms with E-state index in [9.17, 15) is 14.7 Å². The van der Waals surface area contributed by atoms with Gasteiger partial charge >= 0.3 is 12.0 Å². The van der Waals surface area contributed by atoms with Crippen LogP contribution in [0.1, 0.15) is 41.0 Å². The summed E-state index contributed by atoms with van der Waals surface area (Å²) in [5, 5.41) is 12.3. The van der Waals surface area contributed by atoms with E-state index in [1.165, 1.54) is 0 Å². The molecule has 5 nitrogen and oxygen atoms in total. The van der Waals surface area contributed by atoms with E-state index in [-0.39, 0.29) is 17.5 Å². The molecule has 0 saturated carbocycles. The maximum absolute atomic E-state index is 12.0. The predicted molar refractivity (Wildman–Crippen MR) is 69.4 cm³/mol. The molecule has 1 unspecified atom stereocenters. The molecule has 1 atom stereocenters. The second kappa shape index (κ2) is 4.78. The Kier molecular flexibility index (Phi) is 3.93. The summed E-state index contributed by atoms with van der Waals surface area (Å²) in [7, 11) is 0. The van der Waals surface area contributed by atoms with Crippen LogP contribution >= 0.6 is 0 Å². The van der Waals surface area contributed by atoms with Crippen LogP contribution in [0.25, 0.3) is 0 Å². The number of nitrogens with one attached hydrogen (secondary N) is 1. The molecule has 0 aliphatic carbocycles. The smallest absolute Gasteiger partial charge is 0.317 e. The molecule has 1 saturated heterocycles.